The van der Waals surface area contributed by atoms with Gasteiger partial charge in [0, 0.05) is 0 Å². The van der Waals surface area contributed by atoms with Crippen molar-refractivity contribution in [3.63, 3.8) is 0 Å². The third-order valence-corrected chi connectivity index (χ3v) is 4.84. The highest BCUT2D eigenvalue weighted by molar-refractivity contribution is 7.68. The molecule has 0 spiro atoms. The summed E-state index contributed by atoms with van der Waals surface area (Å²) < 4.78 is 6.23. The van der Waals surface area contributed by atoms with Crippen LogP contribution in [0.4, 0.5) is 0 Å². The highest BCUT2D eigenvalue weighted by atomic mass is 31.1. The molecule has 0 saturated heterocycles. The maximum absolute atomic E-state index is 8.96. The Labute approximate surface area is 125 Å². The van der Waals surface area contributed by atoms with E-state index in [1.807, 2.05) is 13.8 Å². The Morgan fingerprint density at radius 2 is 1.81 bits per heavy atom. The molecule has 0 aliphatic heterocycles. The summed E-state index contributed by atoms with van der Waals surface area (Å²) in [6.07, 6.45) is 5.77. The van der Waals surface area contributed by atoms with Gasteiger partial charge < -0.3 is 14.5 Å². The number of H-pyrrole nitrogens is 2. The largest absolute Gasteiger partial charge is 0.342 e. The lowest BCUT2D eigenvalue weighted by molar-refractivity contribution is 0.223. The van der Waals surface area contributed by atoms with Gasteiger partial charge in [-0.3, -0.25) is 0 Å². The first-order chi connectivity index (χ1) is 10.1. The van der Waals surface area contributed by atoms with Crippen LogP contribution in [0.2, 0.25) is 0 Å². The summed E-state index contributed by atoms with van der Waals surface area (Å²) >= 11 is 0. The molecule has 112 valence electrons. The fraction of sp³-hybridized carbons (Fsp3) is 0.500. The first-order valence-electron chi connectivity index (χ1n) is 7.01. The summed E-state index contributed by atoms with van der Waals surface area (Å²) in [5.41, 5.74) is 1.87. The van der Waals surface area contributed by atoms with Crippen LogP contribution < -0.4 is 10.9 Å². The van der Waals surface area contributed by atoms with Crippen LogP contribution in [0.15, 0.2) is 12.4 Å². The second-order valence-electron chi connectivity index (χ2n) is 4.88. The SMILES string of the molecule is CCCC(CC#N)OP(c1cnc(C)[nH]1)c1cnc(C)[nH]1. The van der Waals surface area contributed by atoms with E-state index in [-0.39, 0.29) is 6.10 Å². The van der Waals surface area contributed by atoms with Crippen molar-refractivity contribution in [2.75, 3.05) is 0 Å². The van der Waals surface area contributed by atoms with Crippen molar-refractivity contribution in [1.29, 1.82) is 5.26 Å². The molecule has 0 aliphatic rings. The Kier molecular flexibility index (Phi) is 5.49. The van der Waals surface area contributed by atoms with E-state index in [1.165, 1.54) is 0 Å². The average Bonchev–Trinajstić information content (AvgIpc) is 3.05. The predicted molar refractivity (Wildman–Crippen MR) is 82.8 cm³/mol. The van der Waals surface area contributed by atoms with Crippen LogP contribution in [0.3, 0.4) is 0 Å². The molecule has 2 aromatic rings. The van der Waals surface area contributed by atoms with Gasteiger partial charge in [-0.05, 0) is 20.3 Å². The molecule has 1 atom stereocenters. The monoisotopic (exact) mass is 305 g/mol. The molecule has 2 heterocycles. The van der Waals surface area contributed by atoms with Crippen molar-refractivity contribution in [1.82, 2.24) is 19.9 Å². The summed E-state index contributed by atoms with van der Waals surface area (Å²) in [4.78, 5) is 15.0. The molecule has 6 nitrogen and oxygen atoms in total. The predicted octanol–water partition coefficient (Wildman–Crippen LogP) is 2.20. The van der Waals surface area contributed by atoms with Gasteiger partial charge in [-0.2, -0.15) is 5.26 Å². The third kappa shape index (κ3) is 4.13. The van der Waals surface area contributed by atoms with Gasteiger partial charge in [-0.15, -0.1) is 0 Å². The Morgan fingerprint density at radius 3 is 2.19 bits per heavy atom. The second-order valence-corrected chi connectivity index (χ2v) is 6.64. The van der Waals surface area contributed by atoms with Crippen molar-refractivity contribution in [2.24, 2.45) is 0 Å². The lowest BCUT2D eigenvalue weighted by Crippen LogP contribution is -2.21. The van der Waals surface area contributed by atoms with Crippen LogP contribution in [0.5, 0.6) is 0 Å². The smallest absolute Gasteiger partial charge is 0.129 e. The Bertz CT molecular complexity index is 575. The third-order valence-electron chi connectivity index (χ3n) is 3.00. The van der Waals surface area contributed by atoms with Crippen molar-refractivity contribution in [2.45, 2.75) is 46.1 Å². The molecule has 0 amide bonds. The van der Waals surface area contributed by atoms with Crippen molar-refractivity contribution < 1.29 is 4.52 Å². The zero-order chi connectivity index (χ0) is 15.2. The van der Waals surface area contributed by atoms with E-state index in [9.17, 15) is 0 Å². The number of hydrogen-bond acceptors (Lipinski definition) is 4. The minimum absolute atomic E-state index is 0.0710. The summed E-state index contributed by atoms with van der Waals surface area (Å²) in [5, 5.41) is 8.96. The fourth-order valence-electron chi connectivity index (χ4n) is 2.03. The summed E-state index contributed by atoms with van der Waals surface area (Å²) in [5.74, 6) is 1.70. The van der Waals surface area contributed by atoms with E-state index >= 15 is 0 Å². The van der Waals surface area contributed by atoms with Gasteiger partial charge in [0.1, 0.15) is 19.8 Å². The topological polar surface area (TPSA) is 90.4 Å². The number of nitriles is 1. The molecule has 0 saturated carbocycles. The van der Waals surface area contributed by atoms with Crippen molar-refractivity contribution in [3.05, 3.63) is 24.0 Å². The molecule has 0 fully saturated rings. The van der Waals surface area contributed by atoms with Crippen LogP contribution in [-0.4, -0.2) is 26.0 Å². The Balaban J connectivity index is 2.25. The maximum atomic E-state index is 8.96. The zero-order valence-corrected chi connectivity index (χ0v) is 13.4. The van der Waals surface area contributed by atoms with Gasteiger partial charge in [-0.25, -0.2) is 9.97 Å². The molecule has 2 aromatic heterocycles. The molecule has 0 aromatic carbocycles. The van der Waals surface area contributed by atoms with Gasteiger partial charge in [0.15, 0.2) is 0 Å². The number of nitrogens with zero attached hydrogens (tertiary/aromatic N) is 3. The highest BCUT2D eigenvalue weighted by Gasteiger charge is 2.23. The molecule has 2 N–H and O–H groups in total. The minimum atomic E-state index is -1.06. The molecule has 0 aliphatic carbocycles. The Morgan fingerprint density at radius 1 is 1.24 bits per heavy atom. The number of nitrogens with one attached hydrogen (secondary N) is 2. The number of rotatable bonds is 7. The van der Waals surface area contributed by atoms with Gasteiger partial charge in [0.05, 0.1) is 41.9 Å². The van der Waals surface area contributed by atoms with Gasteiger partial charge in [0.2, 0.25) is 0 Å². The van der Waals surface area contributed by atoms with E-state index in [0.717, 1.165) is 35.4 Å². The fourth-order valence-corrected chi connectivity index (χ4v) is 3.85. The minimum Gasteiger partial charge on any atom is -0.342 e. The highest BCUT2D eigenvalue weighted by Crippen LogP contribution is 2.36. The standard InChI is InChI=1S/C14H20N5OP/c1-4-5-12(6-7-15)20-21(13-8-16-10(2)18-13)14-9-17-11(3)19-14/h8-9,12H,4-6H2,1-3H3,(H,16,18)(H,17,19). The molecule has 7 heteroatoms. The normalized spacial score (nSPS) is 12.5. The molecule has 21 heavy (non-hydrogen) atoms. The molecule has 0 bridgehead atoms. The van der Waals surface area contributed by atoms with E-state index in [0.29, 0.717) is 6.42 Å². The second kappa shape index (κ2) is 7.35. The van der Waals surface area contributed by atoms with E-state index in [2.05, 4.69) is 32.9 Å². The van der Waals surface area contributed by atoms with E-state index < -0.39 is 8.15 Å². The van der Waals surface area contributed by atoms with Gasteiger partial charge in [-0.1, -0.05) is 13.3 Å². The number of hydrogen-bond donors (Lipinski definition) is 2. The lowest BCUT2D eigenvalue weighted by Gasteiger charge is -2.21. The number of aromatic amines is 2. The summed E-state index contributed by atoms with van der Waals surface area (Å²) in [6, 6.07) is 2.21. The molecule has 0 radical (unpaired) electrons. The molecule has 1 unspecified atom stereocenters. The van der Waals surface area contributed by atoms with Crippen LogP contribution in [-0.2, 0) is 4.52 Å². The quantitative estimate of drug-likeness (QED) is 0.767. The van der Waals surface area contributed by atoms with Crippen LogP contribution >= 0.6 is 8.15 Å². The number of aromatic nitrogens is 4. The van der Waals surface area contributed by atoms with E-state index in [4.69, 9.17) is 9.79 Å². The van der Waals surface area contributed by atoms with Crippen LogP contribution in [0, 0.1) is 25.2 Å². The number of imidazole rings is 2. The Hall–Kier alpha value is -1.70. The van der Waals surface area contributed by atoms with Crippen LogP contribution in [0.25, 0.3) is 0 Å². The molecule has 2 rings (SSSR count). The summed E-state index contributed by atoms with van der Waals surface area (Å²) in [6.45, 7) is 5.92. The van der Waals surface area contributed by atoms with Crippen LogP contribution in [0.1, 0.15) is 37.8 Å². The van der Waals surface area contributed by atoms with Gasteiger partial charge >= 0.3 is 0 Å². The first kappa shape index (κ1) is 15.7. The maximum Gasteiger partial charge on any atom is 0.129 e. The molecular formula is C14H20N5OP. The molecular weight excluding hydrogens is 285 g/mol. The van der Waals surface area contributed by atoms with Gasteiger partial charge in [0.25, 0.3) is 0 Å². The van der Waals surface area contributed by atoms with E-state index in [1.54, 1.807) is 12.4 Å². The first-order valence-corrected chi connectivity index (χ1v) is 8.27. The lowest BCUT2D eigenvalue weighted by atomic mass is 10.2. The number of aryl methyl sites for hydroxylation is 2. The zero-order valence-electron chi connectivity index (χ0n) is 12.6. The summed E-state index contributed by atoms with van der Waals surface area (Å²) in [7, 11) is -1.06. The van der Waals surface area contributed by atoms with Crippen molar-refractivity contribution in [3.8, 4) is 6.07 Å². The van der Waals surface area contributed by atoms with Crippen molar-refractivity contribution >= 4 is 19.0 Å². The average molecular weight is 305 g/mol.